The van der Waals surface area contributed by atoms with Crippen LogP contribution in [0.15, 0.2) is 48.7 Å². The first-order valence-corrected chi connectivity index (χ1v) is 8.65. The Morgan fingerprint density at radius 2 is 1.71 bits per heavy atom. The summed E-state index contributed by atoms with van der Waals surface area (Å²) in [6.45, 7) is 6.43. The summed E-state index contributed by atoms with van der Waals surface area (Å²) >= 11 is 0. The highest BCUT2D eigenvalue weighted by atomic mass is 15.3. The Balaban J connectivity index is 1.27. The van der Waals surface area contributed by atoms with Gasteiger partial charge in [-0.15, -0.1) is 0 Å². The molecule has 1 saturated heterocycles. The highest BCUT2D eigenvalue weighted by Gasteiger charge is 2.18. The number of nitrogens with one attached hydrogen (secondary N) is 1. The van der Waals surface area contributed by atoms with Crippen molar-refractivity contribution in [3.8, 4) is 0 Å². The Hall–Kier alpha value is -2.24. The van der Waals surface area contributed by atoms with E-state index in [1.54, 1.807) is 0 Å². The van der Waals surface area contributed by atoms with Crippen LogP contribution in [0.3, 0.4) is 0 Å². The first-order valence-electron chi connectivity index (χ1n) is 8.65. The number of benzene rings is 1. The number of fused-ring (bicyclic) bond motifs is 1. The lowest BCUT2D eigenvalue weighted by molar-refractivity contribution is 0.126. The summed E-state index contributed by atoms with van der Waals surface area (Å²) in [6, 6.07) is 14.4. The zero-order chi connectivity index (χ0) is 16.2. The molecule has 0 amide bonds. The van der Waals surface area contributed by atoms with Crippen molar-refractivity contribution in [1.29, 1.82) is 0 Å². The zero-order valence-corrected chi connectivity index (χ0v) is 13.9. The molecule has 0 bridgehead atoms. The summed E-state index contributed by atoms with van der Waals surface area (Å²) < 4.78 is 0. The summed E-state index contributed by atoms with van der Waals surface area (Å²) in [4.78, 5) is 17.5. The minimum Gasteiger partial charge on any atom is -0.341 e. The second kappa shape index (κ2) is 7.11. The highest BCUT2D eigenvalue weighted by Crippen LogP contribution is 2.13. The Morgan fingerprint density at radius 1 is 0.917 bits per heavy atom. The number of para-hydroxylation sites is 2. The third-order valence-corrected chi connectivity index (χ3v) is 4.69. The van der Waals surface area contributed by atoms with Gasteiger partial charge < -0.3 is 9.88 Å². The number of piperazine rings is 1. The second-order valence-corrected chi connectivity index (χ2v) is 6.39. The minimum absolute atomic E-state index is 0.906. The second-order valence-electron chi connectivity index (χ2n) is 6.39. The van der Waals surface area contributed by atoms with Crippen LogP contribution in [-0.4, -0.2) is 57.5 Å². The fourth-order valence-electron chi connectivity index (χ4n) is 3.28. The number of pyridine rings is 1. The molecular weight excluding hydrogens is 298 g/mol. The first-order chi connectivity index (χ1) is 11.9. The van der Waals surface area contributed by atoms with E-state index in [-0.39, 0.29) is 0 Å². The number of aromatic amines is 1. The van der Waals surface area contributed by atoms with Gasteiger partial charge in [-0.2, -0.15) is 0 Å². The molecule has 124 valence electrons. The van der Waals surface area contributed by atoms with Crippen LogP contribution in [0.5, 0.6) is 0 Å². The summed E-state index contributed by atoms with van der Waals surface area (Å²) in [5, 5.41) is 0. The molecule has 1 aliphatic heterocycles. The predicted molar refractivity (Wildman–Crippen MR) is 95.8 cm³/mol. The molecule has 4 rings (SSSR count). The van der Waals surface area contributed by atoms with E-state index in [1.807, 2.05) is 24.4 Å². The normalized spacial score (nSPS) is 16.7. The van der Waals surface area contributed by atoms with E-state index in [4.69, 9.17) is 0 Å². The summed E-state index contributed by atoms with van der Waals surface area (Å²) in [5.41, 5.74) is 3.37. The van der Waals surface area contributed by atoms with Crippen molar-refractivity contribution in [1.82, 2.24) is 24.8 Å². The first kappa shape index (κ1) is 15.3. The van der Waals surface area contributed by atoms with Crippen molar-refractivity contribution >= 4 is 11.0 Å². The topological polar surface area (TPSA) is 48.0 Å². The monoisotopic (exact) mass is 321 g/mol. The minimum atomic E-state index is 0.906. The van der Waals surface area contributed by atoms with Gasteiger partial charge in [0, 0.05) is 51.0 Å². The van der Waals surface area contributed by atoms with E-state index in [0.29, 0.717) is 0 Å². The number of rotatable bonds is 5. The van der Waals surface area contributed by atoms with E-state index >= 15 is 0 Å². The Morgan fingerprint density at radius 3 is 2.50 bits per heavy atom. The lowest BCUT2D eigenvalue weighted by atomic mass is 10.2. The molecule has 1 aromatic carbocycles. The molecule has 24 heavy (non-hydrogen) atoms. The number of aromatic nitrogens is 3. The standard InChI is InChI=1S/C19H23N5/c1-2-7-18-17(6-1)21-19(22-18)15-24-13-11-23(12-14-24)10-8-16-5-3-4-9-20-16/h1-7,9H,8,10-15H2,(H,21,22). The Bertz CT molecular complexity index is 742. The fraction of sp³-hybridized carbons (Fsp3) is 0.368. The van der Waals surface area contributed by atoms with Gasteiger partial charge in [0.05, 0.1) is 17.6 Å². The number of imidazole rings is 1. The van der Waals surface area contributed by atoms with Gasteiger partial charge in [0.2, 0.25) is 0 Å². The molecule has 1 fully saturated rings. The largest absolute Gasteiger partial charge is 0.341 e. The van der Waals surface area contributed by atoms with Gasteiger partial charge in [-0.3, -0.25) is 9.88 Å². The molecule has 1 aliphatic rings. The molecule has 1 N–H and O–H groups in total. The van der Waals surface area contributed by atoms with E-state index in [2.05, 4.69) is 49.0 Å². The Labute approximate surface area is 142 Å². The van der Waals surface area contributed by atoms with Gasteiger partial charge in [-0.1, -0.05) is 18.2 Å². The van der Waals surface area contributed by atoms with Crippen LogP contribution >= 0.6 is 0 Å². The lowest BCUT2D eigenvalue weighted by Crippen LogP contribution is -2.46. The third-order valence-electron chi connectivity index (χ3n) is 4.69. The summed E-state index contributed by atoms with van der Waals surface area (Å²) in [5.74, 6) is 1.07. The molecule has 5 nitrogen and oxygen atoms in total. The Kier molecular flexibility index (Phi) is 4.53. The molecule has 0 radical (unpaired) electrons. The van der Waals surface area contributed by atoms with Crippen molar-refractivity contribution in [2.45, 2.75) is 13.0 Å². The lowest BCUT2D eigenvalue weighted by Gasteiger charge is -2.34. The van der Waals surface area contributed by atoms with Crippen molar-refractivity contribution in [2.24, 2.45) is 0 Å². The summed E-state index contributed by atoms with van der Waals surface area (Å²) in [6.07, 6.45) is 2.91. The SMILES string of the molecule is c1ccc(CCN2CCN(Cc3nc4ccccc4[nH]3)CC2)nc1. The van der Waals surface area contributed by atoms with Crippen molar-refractivity contribution in [3.05, 3.63) is 60.2 Å². The fourth-order valence-corrected chi connectivity index (χ4v) is 3.28. The van der Waals surface area contributed by atoms with Gasteiger partial charge in [0.15, 0.2) is 0 Å². The molecular formula is C19H23N5. The maximum absolute atomic E-state index is 4.68. The van der Waals surface area contributed by atoms with Crippen molar-refractivity contribution in [2.75, 3.05) is 32.7 Å². The van der Waals surface area contributed by atoms with Crippen molar-refractivity contribution < 1.29 is 0 Å². The quantitative estimate of drug-likeness (QED) is 0.783. The zero-order valence-electron chi connectivity index (χ0n) is 13.9. The molecule has 3 aromatic rings. The number of hydrogen-bond acceptors (Lipinski definition) is 4. The maximum atomic E-state index is 4.68. The number of nitrogens with zero attached hydrogens (tertiary/aromatic N) is 4. The van der Waals surface area contributed by atoms with Gasteiger partial charge >= 0.3 is 0 Å². The van der Waals surface area contributed by atoms with Crippen LogP contribution in [0.4, 0.5) is 0 Å². The smallest absolute Gasteiger partial charge is 0.121 e. The van der Waals surface area contributed by atoms with Gasteiger partial charge in [0.25, 0.3) is 0 Å². The average Bonchev–Trinajstić information content (AvgIpc) is 3.04. The van der Waals surface area contributed by atoms with Crippen LogP contribution in [-0.2, 0) is 13.0 Å². The molecule has 0 atom stereocenters. The van der Waals surface area contributed by atoms with E-state index in [0.717, 1.165) is 62.5 Å². The number of hydrogen-bond donors (Lipinski definition) is 1. The average molecular weight is 321 g/mol. The molecule has 3 heterocycles. The van der Waals surface area contributed by atoms with Crippen LogP contribution < -0.4 is 0 Å². The molecule has 5 heteroatoms. The third kappa shape index (κ3) is 3.63. The molecule has 2 aromatic heterocycles. The van der Waals surface area contributed by atoms with Gasteiger partial charge in [-0.05, 0) is 24.3 Å². The molecule has 0 unspecified atom stereocenters. The van der Waals surface area contributed by atoms with E-state index < -0.39 is 0 Å². The molecule has 0 aliphatic carbocycles. The van der Waals surface area contributed by atoms with E-state index in [9.17, 15) is 0 Å². The van der Waals surface area contributed by atoms with Crippen molar-refractivity contribution in [3.63, 3.8) is 0 Å². The van der Waals surface area contributed by atoms with E-state index in [1.165, 1.54) is 5.69 Å². The summed E-state index contributed by atoms with van der Waals surface area (Å²) in [7, 11) is 0. The number of H-pyrrole nitrogens is 1. The maximum Gasteiger partial charge on any atom is 0.121 e. The predicted octanol–water partition coefficient (Wildman–Crippen LogP) is 2.32. The van der Waals surface area contributed by atoms with Crippen LogP contribution in [0.2, 0.25) is 0 Å². The van der Waals surface area contributed by atoms with Crippen LogP contribution in [0, 0.1) is 0 Å². The van der Waals surface area contributed by atoms with Gasteiger partial charge in [0.1, 0.15) is 5.82 Å². The van der Waals surface area contributed by atoms with Crippen LogP contribution in [0.25, 0.3) is 11.0 Å². The molecule has 0 saturated carbocycles. The highest BCUT2D eigenvalue weighted by molar-refractivity contribution is 5.74. The molecule has 0 spiro atoms. The van der Waals surface area contributed by atoms with Crippen LogP contribution in [0.1, 0.15) is 11.5 Å². The van der Waals surface area contributed by atoms with Gasteiger partial charge in [-0.25, -0.2) is 4.98 Å².